The van der Waals surface area contributed by atoms with Gasteiger partial charge in [-0.2, -0.15) is 0 Å². The third-order valence-electron chi connectivity index (χ3n) is 2.64. The number of nitrogens with zero attached hydrogens (tertiary/aromatic N) is 4. The predicted octanol–water partition coefficient (Wildman–Crippen LogP) is 1.23. The first-order chi connectivity index (χ1) is 9.08. The van der Waals surface area contributed by atoms with Gasteiger partial charge in [0.05, 0.1) is 18.4 Å². The average molecular weight is 258 g/mol. The highest BCUT2D eigenvalue weighted by Gasteiger charge is 2.15. The summed E-state index contributed by atoms with van der Waals surface area (Å²) in [6.07, 6.45) is 3.38. The van der Waals surface area contributed by atoms with Crippen molar-refractivity contribution in [1.29, 1.82) is 0 Å². The Balaban J connectivity index is 2.18. The molecule has 0 aliphatic carbocycles. The van der Waals surface area contributed by atoms with Gasteiger partial charge in [0.15, 0.2) is 0 Å². The van der Waals surface area contributed by atoms with Gasteiger partial charge in [-0.15, -0.1) is 5.10 Å². The van der Waals surface area contributed by atoms with Gasteiger partial charge in [-0.25, -0.2) is 4.68 Å². The van der Waals surface area contributed by atoms with Crippen LogP contribution in [0.25, 0.3) is 0 Å². The minimum Gasteiger partial charge on any atom is -0.274 e. The molecule has 0 aliphatic rings. The van der Waals surface area contributed by atoms with E-state index < -0.39 is 0 Å². The lowest BCUT2D eigenvalue weighted by Gasteiger charge is -2.17. The van der Waals surface area contributed by atoms with E-state index in [1.54, 1.807) is 29.2 Å². The Morgan fingerprint density at radius 2 is 1.79 bits per heavy atom. The lowest BCUT2D eigenvalue weighted by molar-refractivity contribution is -0.124. The van der Waals surface area contributed by atoms with Crippen molar-refractivity contribution >= 4 is 17.5 Å². The number of aromatic nitrogens is 3. The summed E-state index contributed by atoms with van der Waals surface area (Å²) in [4.78, 5) is 24.0. The number of benzene rings is 1. The van der Waals surface area contributed by atoms with E-state index in [2.05, 4.69) is 10.3 Å². The maximum atomic E-state index is 11.4. The Morgan fingerprint density at radius 1 is 1.16 bits per heavy atom. The molecule has 1 aromatic heterocycles. The summed E-state index contributed by atoms with van der Waals surface area (Å²) >= 11 is 0. The van der Waals surface area contributed by atoms with Crippen LogP contribution in [0.15, 0.2) is 36.7 Å². The molecule has 0 radical (unpaired) electrons. The molecular weight excluding hydrogens is 244 g/mol. The molecule has 6 heteroatoms. The molecular formula is C13H14N4O2. The van der Waals surface area contributed by atoms with Crippen molar-refractivity contribution < 1.29 is 9.59 Å². The van der Waals surface area contributed by atoms with Crippen molar-refractivity contribution in [2.45, 2.75) is 20.4 Å². The molecule has 0 fully saturated rings. The average Bonchev–Trinajstić information content (AvgIpc) is 2.83. The molecule has 0 unspecified atom stereocenters. The van der Waals surface area contributed by atoms with Crippen molar-refractivity contribution in [1.82, 2.24) is 15.0 Å². The highest BCUT2D eigenvalue weighted by molar-refractivity contribution is 6.13. The van der Waals surface area contributed by atoms with Crippen LogP contribution in [-0.4, -0.2) is 26.8 Å². The van der Waals surface area contributed by atoms with E-state index in [1.165, 1.54) is 13.8 Å². The van der Waals surface area contributed by atoms with E-state index in [4.69, 9.17) is 0 Å². The summed E-state index contributed by atoms with van der Waals surface area (Å²) in [5.74, 6) is -0.590. The first kappa shape index (κ1) is 12.9. The summed E-state index contributed by atoms with van der Waals surface area (Å²) in [7, 11) is 0. The second-order valence-corrected chi connectivity index (χ2v) is 4.14. The minimum absolute atomic E-state index is 0.295. The quantitative estimate of drug-likeness (QED) is 0.830. The highest BCUT2D eigenvalue weighted by Crippen LogP contribution is 2.16. The molecule has 6 nitrogen and oxygen atoms in total. The van der Waals surface area contributed by atoms with Crippen LogP contribution in [-0.2, 0) is 16.1 Å². The fourth-order valence-corrected chi connectivity index (χ4v) is 1.84. The van der Waals surface area contributed by atoms with Gasteiger partial charge < -0.3 is 0 Å². The van der Waals surface area contributed by atoms with Crippen LogP contribution in [0.3, 0.4) is 0 Å². The summed E-state index contributed by atoms with van der Waals surface area (Å²) in [5, 5.41) is 7.60. The minimum atomic E-state index is -0.295. The normalized spacial score (nSPS) is 10.2. The SMILES string of the molecule is CC(=O)N(C(C)=O)c1ccc(Cn2ccnn2)cc1. The van der Waals surface area contributed by atoms with Crippen LogP contribution >= 0.6 is 0 Å². The molecule has 1 heterocycles. The number of hydrogen-bond donors (Lipinski definition) is 0. The number of carbonyl (C=O) groups is 2. The lowest BCUT2D eigenvalue weighted by Crippen LogP contribution is -2.32. The van der Waals surface area contributed by atoms with Crippen LogP contribution < -0.4 is 4.90 Å². The van der Waals surface area contributed by atoms with E-state index >= 15 is 0 Å². The lowest BCUT2D eigenvalue weighted by atomic mass is 10.2. The molecule has 0 bridgehead atoms. The van der Waals surface area contributed by atoms with E-state index in [-0.39, 0.29) is 11.8 Å². The largest absolute Gasteiger partial charge is 0.274 e. The maximum Gasteiger partial charge on any atom is 0.230 e. The maximum absolute atomic E-state index is 11.4. The predicted molar refractivity (Wildman–Crippen MR) is 69.4 cm³/mol. The topological polar surface area (TPSA) is 68.1 Å². The van der Waals surface area contributed by atoms with Crippen LogP contribution in [0.4, 0.5) is 5.69 Å². The first-order valence-electron chi connectivity index (χ1n) is 5.82. The first-order valence-corrected chi connectivity index (χ1v) is 5.82. The summed E-state index contributed by atoms with van der Waals surface area (Å²) in [6, 6.07) is 7.20. The second kappa shape index (κ2) is 5.43. The number of hydrogen-bond acceptors (Lipinski definition) is 4. The zero-order valence-corrected chi connectivity index (χ0v) is 10.8. The van der Waals surface area contributed by atoms with Crippen LogP contribution in [0.5, 0.6) is 0 Å². The number of carbonyl (C=O) groups excluding carboxylic acids is 2. The number of imide groups is 1. The zero-order chi connectivity index (χ0) is 13.8. The van der Waals surface area contributed by atoms with Gasteiger partial charge in [-0.3, -0.25) is 14.5 Å². The number of anilines is 1. The molecule has 2 rings (SSSR count). The second-order valence-electron chi connectivity index (χ2n) is 4.14. The van der Waals surface area contributed by atoms with Crippen molar-refractivity contribution in [3.63, 3.8) is 0 Å². The van der Waals surface area contributed by atoms with E-state index in [0.29, 0.717) is 12.2 Å². The molecule has 2 aromatic rings. The Hall–Kier alpha value is -2.50. The van der Waals surface area contributed by atoms with Gasteiger partial charge in [0.25, 0.3) is 0 Å². The molecule has 19 heavy (non-hydrogen) atoms. The summed E-state index contributed by atoms with van der Waals surface area (Å²) in [6.45, 7) is 3.33. The van der Waals surface area contributed by atoms with Crippen molar-refractivity contribution in [2.24, 2.45) is 0 Å². The molecule has 1 aromatic carbocycles. The van der Waals surface area contributed by atoms with Gasteiger partial charge in [0.1, 0.15) is 0 Å². The van der Waals surface area contributed by atoms with Gasteiger partial charge in [0, 0.05) is 20.0 Å². The molecule has 0 N–H and O–H groups in total. The van der Waals surface area contributed by atoms with Crippen molar-refractivity contribution in [3.8, 4) is 0 Å². The Morgan fingerprint density at radius 3 is 2.26 bits per heavy atom. The Labute approximate surface area is 110 Å². The monoisotopic (exact) mass is 258 g/mol. The van der Waals surface area contributed by atoms with E-state index in [1.807, 2.05) is 12.1 Å². The summed E-state index contributed by atoms with van der Waals surface area (Å²) < 4.78 is 1.70. The van der Waals surface area contributed by atoms with Gasteiger partial charge in [0.2, 0.25) is 11.8 Å². The molecule has 0 saturated carbocycles. The summed E-state index contributed by atoms with van der Waals surface area (Å²) in [5.41, 5.74) is 1.59. The van der Waals surface area contributed by atoms with Gasteiger partial charge >= 0.3 is 0 Å². The molecule has 98 valence electrons. The number of amides is 2. The Kier molecular flexibility index (Phi) is 3.70. The fourth-order valence-electron chi connectivity index (χ4n) is 1.84. The third kappa shape index (κ3) is 3.04. The Bertz CT molecular complexity index is 561. The van der Waals surface area contributed by atoms with Gasteiger partial charge in [-0.05, 0) is 17.7 Å². The van der Waals surface area contributed by atoms with Crippen molar-refractivity contribution in [2.75, 3.05) is 4.90 Å². The molecule has 0 spiro atoms. The van der Waals surface area contributed by atoms with Crippen molar-refractivity contribution in [3.05, 3.63) is 42.2 Å². The molecule has 2 amide bonds. The molecule has 0 atom stereocenters. The molecule has 0 aliphatic heterocycles. The van der Waals surface area contributed by atoms with E-state index in [9.17, 15) is 9.59 Å². The molecule has 0 saturated heterocycles. The standard InChI is InChI=1S/C13H14N4O2/c1-10(18)17(11(2)19)13-5-3-12(4-6-13)9-16-8-7-14-15-16/h3-8H,9H2,1-2H3. The number of rotatable bonds is 3. The van der Waals surface area contributed by atoms with Crippen LogP contribution in [0.2, 0.25) is 0 Å². The third-order valence-corrected chi connectivity index (χ3v) is 2.64. The van der Waals surface area contributed by atoms with Crippen LogP contribution in [0.1, 0.15) is 19.4 Å². The highest BCUT2D eigenvalue weighted by atomic mass is 16.2. The van der Waals surface area contributed by atoms with E-state index in [0.717, 1.165) is 10.5 Å². The smallest absolute Gasteiger partial charge is 0.230 e. The zero-order valence-electron chi connectivity index (χ0n) is 10.8. The fraction of sp³-hybridized carbons (Fsp3) is 0.231. The van der Waals surface area contributed by atoms with Gasteiger partial charge in [-0.1, -0.05) is 17.3 Å². The van der Waals surface area contributed by atoms with Crippen LogP contribution in [0, 0.1) is 0 Å².